The van der Waals surface area contributed by atoms with Crippen LogP contribution in [0.3, 0.4) is 0 Å². The molecule has 1 aliphatic rings. The van der Waals surface area contributed by atoms with Gasteiger partial charge in [0.25, 0.3) is 5.91 Å². The zero-order valence-electron chi connectivity index (χ0n) is 12.6. The molecule has 0 saturated carbocycles. The van der Waals surface area contributed by atoms with E-state index in [-0.39, 0.29) is 5.91 Å². The zero-order valence-corrected chi connectivity index (χ0v) is 14.2. The van der Waals surface area contributed by atoms with Crippen molar-refractivity contribution < 1.29 is 4.79 Å². The summed E-state index contributed by atoms with van der Waals surface area (Å²) in [4.78, 5) is 23.2. The fourth-order valence-electron chi connectivity index (χ4n) is 2.74. The number of anilines is 2. The van der Waals surface area contributed by atoms with Crippen LogP contribution in [0.15, 0.2) is 48.0 Å². The Labute approximate surface area is 142 Å². The number of hydrogen-bond acceptors (Lipinski definition) is 5. The quantitative estimate of drug-likeness (QED) is 0.708. The molecule has 0 atom stereocenters. The molecule has 1 aromatic carbocycles. The normalized spacial score (nSPS) is 14.0. The number of nitrogens with zero attached hydrogens (tertiary/aromatic N) is 3. The molecule has 0 N–H and O–H groups in total. The lowest BCUT2D eigenvalue weighted by atomic mass is 10.1. The van der Waals surface area contributed by atoms with Crippen LogP contribution in [-0.2, 0) is 0 Å². The third kappa shape index (κ3) is 2.54. The number of carbonyl (C=O) groups excluding carboxylic acids is 1. The first-order valence-corrected chi connectivity index (χ1v) is 9.05. The van der Waals surface area contributed by atoms with Gasteiger partial charge in [0, 0.05) is 20.1 Å². The molecule has 4 nitrogen and oxygen atoms in total. The third-order valence-corrected chi connectivity index (χ3v) is 5.96. The second-order valence-electron chi connectivity index (χ2n) is 5.37. The van der Waals surface area contributed by atoms with Gasteiger partial charge in [-0.3, -0.25) is 4.79 Å². The molecule has 2 aromatic heterocycles. The molecule has 0 fully saturated rings. The van der Waals surface area contributed by atoms with Crippen LogP contribution in [0.1, 0.15) is 9.67 Å². The van der Waals surface area contributed by atoms with Crippen molar-refractivity contribution >= 4 is 40.0 Å². The first-order chi connectivity index (χ1) is 11.2. The molecule has 1 amide bonds. The summed E-state index contributed by atoms with van der Waals surface area (Å²) in [5.41, 5.74) is 2.06. The Bertz CT molecular complexity index is 841. The molecular weight excluding hydrogens is 326 g/mol. The number of benzene rings is 1. The highest BCUT2D eigenvalue weighted by atomic mass is 32.1. The number of amides is 1. The van der Waals surface area contributed by atoms with E-state index in [1.807, 2.05) is 40.6 Å². The van der Waals surface area contributed by atoms with E-state index in [1.165, 1.54) is 11.3 Å². The maximum absolute atomic E-state index is 12.9. The lowest BCUT2D eigenvalue weighted by Crippen LogP contribution is -2.42. The molecule has 0 radical (unpaired) electrons. The van der Waals surface area contributed by atoms with Gasteiger partial charge in [0.2, 0.25) is 0 Å². The van der Waals surface area contributed by atoms with Crippen LogP contribution in [0.2, 0.25) is 0 Å². The maximum Gasteiger partial charge on any atom is 0.270 e. The minimum atomic E-state index is 0.0332. The summed E-state index contributed by atoms with van der Waals surface area (Å²) in [5, 5.41) is 2.93. The predicted octanol–water partition coefficient (Wildman–Crippen LogP) is 3.97. The summed E-state index contributed by atoms with van der Waals surface area (Å²) in [6.45, 7) is 1.53. The Morgan fingerprint density at radius 2 is 1.96 bits per heavy atom. The van der Waals surface area contributed by atoms with Crippen LogP contribution in [0.5, 0.6) is 0 Å². The summed E-state index contributed by atoms with van der Waals surface area (Å²) in [5.74, 6) is 0.0332. The van der Waals surface area contributed by atoms with Crippen LogP contribution in [0, 0.1) is 0 Å². The van der Waals surface area contributed by atoms with Gasteiger partial charge in [0.15, 0.2) is 0 Å². The predicted molar refractivity (Wildman–Crippen MR) is 96.8 cm³/mol. The number of likely N-dealkylation sites (N-methyl/N-ethyl adjacent to an activating group) is 1. The molecule has 0 bridgehead atoms. The number of thiophene rings is 1. The van der Waals surface area contributed by atoms with Gasteiger partial charge in [-0.05, 0) is 23.6 Å². The lowest BCUT2D eigenvalue weighted by Gasteiger charge is -2.35. The van der Waals surface area contributed by atoms with E-state index in [0.717, 1.165) is 27.8 Å². The van der Waals surface area contributed by atoms with Crippen LogP contribution in [0.4, 0.5) is 11.4 Å². The number of fused-ring (bicyclic) bond motifs is 1. The molecule has 1 aliphatic heterocycles. The standard InChI is InChI=1S/C17H15N3OS2/c1-19-8-9-20(13-6-3-2-5-12(13)19)17(21)15-11-18-16(23-15)14-7-4-10-22-14/h2-7,10-11H,8-9H2,1H3. The number of rotatable bonds is 2. The van der Waals surface area contributed by atoms with Gasteiger partial charge in [0.05, 0.1) is 22.4 Å². The van der Waals surface area contributed by atoms with E-state index < -0.39 is 0 Å². The number of thiazole rings is 1. The number of hydrogen-bond donors (Lipinski definition) is 0. The molecule has 3 heterocycles. The van der Waals surface area contributed by atoms with Crippen LogP contribution in [0.25, 0.3) is 9.88 Å². The maximum atomic E-state index is 12.9. The molecule has 4 rings (SSSR count). The summed E-state index contributed by atoms with van der Waals surface area (Å²) in [6, 6.07) is 12.1. The first kappa shape index (κ1) is 14.4. The molecule has 0 spiro atoms. The van der Waals surface area contributed by atoms with E-state index in [1.54, 1.807) is 17.5 Å². The van der Waals surface area contributed by atoms with Crippen molar-refractivity contribution in [2.45, 2.75) is 0 Å². The van der Waals surface area contributed by atoms with E-state index in [9.17, 15) is 4.79 Å². The average Bonchev–Trinajstić information content (AvgIpc) is 3.26. The van der Waals surface area contributed by atoms with Gasteiger partial charge in [-0.1, -0.05) is 18.2 Å². The van der Waals surface area contributed by atoms with Crippen molar-refractivity contribution in [1.82, 2.24) is 4.98 Å². The fourth-order valence-corrected chi connectivity index (χ4v) is 4.41. The second kappa shape index (κ2) is 5.79. The number of carbonyl (C=O) groups is 1. The Morgan fingerprint density at radius 1 is 1.13 bits per heavy atom. The van der Waals surface area contributed by atoms with Crippen molar-refractivity contribution in [3.05, 3.63) is 52.9 Å². The van der Waals surface area contributed by atoms with E-state index >= 15 is 0 Å². The Balaban J connectivity index is 1.67. The van der Waals surface area contributed by atoms with Crippen molar-refractivity contribution in [3.63, 3.8) is 0 Å². The highest BCUT2D eigenvalue weighted by Crippen LogP contribution is 2.35. The molecule has 0 saturated heterocycles. The zero-order chi connectivity index (χ0) is 15.8. The second-order valence-corrected chi connectivity index (χ2v) is 7.35. The van der Waals surface area contributed by atoms with Gasteiger partial charge in [0.1, 0.15) is 9.88 Å². The Morgan fingerprint density at radius 3 is 2.74 bits per heavy atom. The van der Waals surface area contributed by atoms with Crippen LogP contribution >= 0.6 is 22.7 Å². The van der Waals surface area contributed by atoms with E-state index in [2.05, 4.69) is 23.0 Å². The van der Waals surface area contributed by atoms with Crippen LogP contribution < -0.4 is 9.80 Å². The fraction of sp³-hybridized carbons (Fsp3) is 0.176. The minimum absolute atomic E-state index is 0.0332. The molecule has 116 valence electrons. The van der Waals surface area contributed by atoms with E-state index in [0.29, 0.717) is 11.4 Å². The lowest BCUT2D eigenvalue weighted by molar-refractivity contribution is 0.0990. The smallest absolute Gasteiger partial charge is 0.270 e. The highest BCUT2D eigenvalue weighted by molar-refractivity contribution is 7.22. The first-order valence-electron chi connectivity index (χ1n) is 7.36. The Kier molecular flexibility index (Phi) is 3.63. The van der Waals surface area contributed by atoms with Gasteiger partial charge in [-0.25, -0.2) is 4.98 Å². The summed E-state index contributed by atoms with van der Waals surface area (Å²) >= 11 is 3.10. The largest absolute Gasteiger partial charge is 0.371 e. The molecule has 0 unspecified atom stereocenters. The molecule has 0 aliphatic carbocycles. The van der Waals surface area contributed by atoms with Gasteiger partial charge in [-0.15, -0.1) is 22.7 Å². The van der Waals surface area contributed by atoms with Gasteiger partial charge in [-0.2, -0.15) is 0 Å². The van der Waals surface area contributed by atoms with Crippen LogP contribution in [-0.4, -0.2) is 31.0 Å². The minimum Gasteiger partial charge on any atom is -0.371 e. The van der Waals surface area contributed by atoms with Gasteiger partial charge < -0.3 is 9.80 Å². The van der Waals surface area contributed by atoms with Gasteiger partial charge >= 0.3 is 0 Å². The average molecular weight is 341 g/mol. The topological polar surface area (TPSA) is 36.4 Å². The van der Waals surface area contributed by atoms with Crippen molar-refractivity contribution in [3.8, 4) is 9.88 Å². The monoisotopic (exact) mass is 341 g/mol. The van der Waals surface area contributed by atoms with Crippen molar-refractivity contribution in [2.75, 3.05) is 29.9 Å². The number of aromatic nitrogens is 1. The highest BCUT2D eigenvalue weighted by Gasteiger charge is 2.27. The molecule has 23 heavy (non-hydrogen) atoms. The molecular formula is C17H15N3OS2. The Hall–Kier alpha value is -2.18. The number of para-hydroxylation sites is 2. The summed E-state index contributed by atoms with van der Waals surface area (Å²) < 4.78 is 0. The molecule has 3 aromatic rings. The summed E-state index contributed by atoms with van der Waals surface area (Å²) in [7, 11) is 2.06. The SMILES string of the molecule is CN1CCN(C(=O)c2cnc(-c3cccs3)s2)c2ccccc21. The molecule has 6 heteroatoms. The van der Waals surface area contributed by atoms with Crippen molar-refractivity contribution in [2.24, 2.45) is 0 Å². The van der Waals surface area contributed by atoms with E-state index in [4.69, 9.17) is 0 Å². The third-order valence-electron chi connectivity index (χ3n) is 3.94. The van der Waals surface area contributed by atoms with Crippen molar-refractivity contribution in [1.29, 1.82) is 0 Å². The summed E-state index contributed by atoms with van der Waals surface area (Å²) in [6.07, 6.45) is 1.70.